The van der Waals surface area contributed by atoms with Crippen LogP contribution >= 0.6 is 15.9 Å². The van der Waals surface area contributed by atoms with E-state index in [-0.39, 0.29) is 5.91 Å². The van der Waals surface area contributed by atoms with Crippen LogP contribution in [0.4, 0.5) is 0 Å². The molecule has 0 radical (unpaired) electrons. The van der Waals surface area contributed by atoms with E-state index in [9.17, 15) is 4.79 Å². The van der Waals surface area contributed by atoms with Gasteiger partial charge in [-0.3, -0.25) is 9.78 Å². The summed E-state index contributed by atoms with van der Waals surface area (Å²) in [6.07, 6.45) is 4.61. The number of ether oxygens (including phenoxy) is 2. The quantitative estimate of drug-likeness (QED) is 0.442. The lowest BCUT2D eigenvalue weighted by atomic mass is 10.2. The summed E-state index contributed by atoms with van der Waals surface area (Å²) in [5.41, 5.74) is 4.69. The fraction of sp³-hybridized carbons (Fsp3) is 0.0952. The third-order valence-corrected chi connectivity index (χ3v) is 4.50. The van der Waals surface area contributed by atoms with Crippen LogP contribution in [0.15, 0.2) is 76.6 Å². The van der Waals surface area contributed by atoms with Crippen molar-refractivity contribution in [1.29, 1.82) is 0 Å². The number of carbonyl (C=O) groups excluding carboxylic acids is 1. The highest BCUT2D eigenvalue weighted by atomic mass is 79.9. The van der Waals surface area contributed by atoms with Gasteiger partial charge in [-0.15, -0.1) is 0 Å². The number of amides is 1. The second-order valence-electron chi connectivity index (χ2n) is 5.74. The number of methoxy groups -OCH3 is 1. The number of hydrogen-bond donors (Lipinski definition) is 1. The van der Waals surface area contributed by atoms with Crippen LogP contribution in [0.3, 0.4) is 0 Å². The maximum absolute atomic E-state index is 12.0. The number of pyridine rings is 1. The summed E-state index contributed by atoms with van der Waals surface area (Å²) >= 11 is 3.50. The summed E-state index contributed by atoms with van der Waals surface area (Å²) < 4.78 is 12.1. The van der Waals surface area contributed by atoms with Crippen molar-refractivity contribution in [2.45, 2.75) is 6.61 Å². The van der Waals surface area contributed by atoms with Gasteiger partial charge in [-0.1, -0.05) is 30.3 Å². The fourth-order valence-corrected chi connectivity index (χ4v) is 2.80. The van der Waals surface area contributed by atoms with Crippen LogP contribution in [0.25, 0.3) is 0 Å². The van der Waals surface area contributed by atoms with E-state index in [4.69, 9.17) is 9.47 Å². The Labute approximate surface area is 171 Å². The first-order valence-electron chi connectivity index (χ1n) is 8.45. The van der Waals surface area contributed by atoms with Crippen molar-refractivity contribution in [2.75, 3.05) is 7.11 Å². The third kappa shape index (κ3) is 5.17. The zero-order valence-corrected chi connectivity index (χ0v) is 16.7. The van der Waals surface area contributed by atoms with Crippen LogP contribution in [0.5, 0.6) is 11.5 Å². The van der Waals surface area contributed by atoms with Crippen molar-refractivity contribution in [1.82, 2.24) is 10.4 Å². The number of aromatic nitrogens is 1. The third-order valence-electron chi connectivity index (χ3n) is 3.81. The van der Waals surface area contributed by atoms with Gasteiger partial charge in [-0.05, 0) is 45.8 Å². The Balaban J connectivity index is 1.69. The highest BCUT2D eigenvalue weighted by Crippen LogP contribution is 2.33. The monoisotopic (exact) mass is 439 g/mol. The van der Waals surface area contributed by atoms with Gasteiger partial charge in [0.2, 0.25) is 0 Å². The lowest BCUT2D eigenvalue weighted by Gasteiger charge is -2.12. The summed E-state index contributed by atoms with van der Waals surface area (Å²) in [5.74, 6) is 0.837. The molecule has 0 aliphatic rings. The van der Waals surface area contributed by atoms with Crippen LogP contribution in [-0.4, -0.2) is 24.2 Å². The largest absolute Gasteiger partial charge is 0.493 e. The van der Waals surface area contributed by atoms with Crippen molar-refractivity contribution in [2.24, 2.45) is 5.10 Å². The molecule has 142 valence electrons. The zero-order valence-electron chi connectivity index (χ0n) is 15.1. The van der Waals surface area contributed by atoms with E-state index in [1.807, 2.05) is 36.4 Å². The minimum atomic E-state index is -0.338. The maximum atomic E-state index is 12.0. The van der Waals surface area contributed by atoms with Crippen LogP contribution in [0.1, 0.15) is 21.5 Å². The Morgan fingerprint density at radius 2 is 2.00 bits per heavy atom. The zero-order chi connectivity index (χ0) is 19.8. The predicted molar refractivity (Wildman–Crippen MR) is 111 cm³/mol. The van der Waals surface area contributed by atoms with E-state index in [0.29, 0.717) is 23.7 Å². The molecule has 3 rings (SSSR count). The van der Waals surface area contributed by atoms with Crippen LogP contribution in [0.2, 0.25) is 0 Å². The summed E-state index contributed by atoms with van der Waals surface area (Å²) in [6.45, 7) is 0.429. The number of rotatable bonds is 7. The molecule has 2 aromatic carbocycles. The molecule has 0 fully saturated rings. The molecule has 1 aromatic heterocycles. The van der Waals surface area contributed by atoms with Crippen molar-refractivity contribution < 1.29 is 14.3 Å². The molecular weight excluding hydrogens is 422 g/mol. The Morgan fingerprint density at radius 1 is 1.18 bits per heavy atom. The van der Waals surface area contributed by atoms with Crippen molar-refractivity contribution in [3.05, 3.63) is 88.2 Å². The number of hydrazone groups is 1. The minimum absolute atomic E-state index is 0.338. The fourth-order valence-electron chi connectivity index (χ4n) is 2.38. The molecular formula is C21H18BrN3O3. The second-order valence-corrected chi connectivity index (χ2v) is 6.59. The number of benzene rings is 2. The Kier molecular flexibility index (Phi) is 6.75. The van der Waals surface area contributed by atoms with E-state index in [1.54, 1.807) is 31.5 Å². The molecule has 6 nitrogen and oxygen atoms in total. The minimum Gasteiger partial charge on any atom is -0.493 e. The molecule has 3 aromatic rings. The molecule has 1 amide bonds. The van der Waals surface area contributed by atoms with Gasteiger partial charge >= 0.3 is 0 Å². The molecule has 1 N–H and O–H groups in total. The number of nitrogens with one attached hydrogen (secondary N) is 1. The lowest BCUT2D eigenvalue weighted by Crippen LogP contribution is -2.17. The highest BCUT2D eigenvalue weighted by Gasteiger charge is 2.10. The Morgan fingerprint density at radius 3 is 2.71 bits per heavy atom. The van der Waals surface area contributed by atoms with Gasteiger partial charge in [-0.25, -0.2) is 5.43 Å². The first-order chi connectivity index (χ1) is 13.7. The van der Waals surface area contributed by atoms with Gasteiger partial charge < -0.3 is 9.47 Å². The highest BCUT2D eigenvalue weighted by molar-refractivity contribution is 9.10. The van der Waals surface area contributed by atoms with Crippen molar-refractivity contribution in [3.8, 4) is 11.5 Å². The topological polar surface area (TPSA) is 72.8 Å². The van der Waals surface area contributed by atoms with Crippen LogP contribution in [0, 0.1) is 0 Å². The van der Waals surface area contributed by atoms with Crippen LogP contribution < -0.4 is 14.9 Å². The molecule has 0 saturated carbocycles. The number of hydrogen-bond acceptors (Lipinski definition) is 5. The standard InChI is InChI=1S/C21H18BrN3O3/c1-27-19-10-17(13-24-25-21(26)16-8-5-9-23-12-16)18(22)11-20(19)28-14-15-6-3-2-4-7-15/h2-13H,14H2,1H3,(H,25,26)/b24-13-. The van der Waals surface area contributed by atoms with Gasteiger partial charge in [0.25, 0.3) is 5.91 Å². The SMILES string of the molecule is COc1cc(/C=N\NC(=O)c2cccnc2)c(Br)cc1OCc1ccccc1. The normalized spacial score (nSPS) is 10.6. The molecule has 28 heavy (non-hydrogen) atoms. The maximum Gasteiger partial charge on any atom is 0.272 e. The second kappa shape index (κ2) is 9.66. The number of nitrogens with zero attached hydrogens (tertiary/aromatic N) is 2. The first kappa shape index (κ1) is 19.6. The van der Waals surface area contributed by atoms with Gasteiger partial charge in [0.15, 0.2) is 11.5 Å². The summed E-state index contributed by atoms with van der Waals surface area (Å²) in [7, 11) is 1.57. The van der Waals surface area contributed by atoms with E-state index in [2.05, 4.69) is 31.4 Å². The van der Waals surface area contributed by atoms with Gasteiger partial charge in [0.05, 0.1) is 18.9 Å². The molecule has 0 aliphatic heterocycles. The molecule has 0 saturated heterocycles. The Bertz CT molecular complexity index is 963. The van der Waals surface area contributed by atoms with Crippen molar-refractivity contribution >= 4 is 28.1 Å². The average molecular weight is 440 g/mol. The molecule has 0 unspecified atom stereocenters. The summed E-state index contributed by atoms with van der Waals surface area (Å²) in [6, 6.07) is 16.8. The Hall–Kier alpha value is -3.19. The molecule has 0 aliphatic carbocycles. The average Bonchev–Trinajstić information content (AvgIpc) is 2.74. The molecule has 0 bridgehead atoms. The number of carbonyl (C=O) groups is 1. The van der Waals surface area contributed by atoms with Gasteiger partial charge in [-0.2, -0.15) is 5.10 Å². The van der Waals surface area contributed by atoms with Crippen molar-refractivity contribution in [3.63, 3.8) is 0 Å². The van der Waals surface area contributed by atoms with E-state index in [1.165, 1.54) is 12.4 Å². The molecule has 1 heterocycles. The lowest BCUT2D eigenvalue weighted by molar-refractivity contribution is 0.0955. The molecule has 0 spiro atoms. The molecule has 0 atom stereocenters. The smallest absolute Gasteiger partial charge is 0.272 e. The van der Waals surface area contributed by atoms with E-state index >= 15 is 0 Å². The first-order valence-corrected chi connectivity index (χ1v) is 9.24. The summed E-state index contributed by atoms with van der Waals surface area (Å²) in [5, 5.41) is 4.00. The van der Waals surface area contributed by atoms with Gasteiger partial charge in [0.1, 0.15) is 6.61 Å². The van der Waals surface area contributed by atoms with E-state index in [0.717, 1.165) is 15.6 Å². The molecule has 7 heteroatoms. The summed E-state index contributed by atoms with van der Waals surface area (Å²) in [4.78, 5) is 15.9. The van der Waals surface area contributed by atoms with Crippen LogP contribution in [-0.2, 0) is 6.61 Å². The predicted octanol–water partition coefficient (Wildman–Crippen LogP) is 4.20. The van der Waals surface area contributed by atoms with E-state index < -0.39 is 0 Å². The number of halogens is 1. The van der Waals surface area contributed by atoms with Gasteiger partial charge in [0, 0.05) is 22.4 Å².